The maximum Gasteiger partial charge on any atom is 0.319 e. The van der Waals surface area contributed by atoms with Crippen molar-refractivity contribution in [2.24, 2.45) is 0 Å². The normalized spacial score (nSPS) is 9.83. The Morgan fingerprint density at radius 1 is 1.28 bits per heavy atom. The molecule has 0 atom stereocenters. The van der Waals surface area contributed by atoms with Gasteiger partial charge in [-0.1, -0.05) is 6.07 Å². The molecule has 0 fully saturated rings. The SMILES string of the molecule is COc1ccc(NC(=O)NCc2cccs2)cc1. The van der Waals surface area contributed by atoms with Crippen LogP contribution in [-0.4, -0.2) is 13.1 Å². The zero-order chi connectivity index (χ0) is 12.8. The van der Waals surface area contributed by atoms with Crippen LogP contribution < -0.4 is 15.4 Å². The van der Waals surface area contributed by atoms with Crippen molar-refractivity contribution in [2.45, 2.75) is 6.54 Å². The number of nitrogens with one attached hydrogen (secondary N) is 2. The topological polar surface area (TPSA) is 50.4 Å². The Bertz CT molecular complexity index is 494. The molecule has 0 unspecified atom stereocenters. The predicted molar refractivity (Wildman–Crippen MR) is 73.2 cm³/mol. The lowest BCUT2D eigenvalue weighted by molar-refractivity contribution is 0.252. The number of amides is 2. The molecule has 0 aliphatic rings. The van der Waals surface area contributed by atoms with Gasteiger partial charge in [0.05, 0.1) is 13.7 Å². The monoisotopic (exact) mass is 262 g/mol. The van der Waals surface area contributed by atoms with Crippen LogP contribution in [0.1, 0.15) is 4.88 Å². The van der Waals surface area contributed by atoms with Crippen LogP contribution in [0.3, 0.4) is 0 Å². The summed E-state index contributed by atoms with van der Waals surface area (Å²) in [5.74, 6) is 0.763. The Labute approximate surface area is 110 Å². The minimum Gasteiger partial charge on any atom is -0.497 e. The first kappa shape index (κ1) is 12.4. The average Bonchev–Trinajstić information content (AvgIpc) is 2.90. The number of urea groups is 1. The molecule has 1 heterocycles. The summed E-state index contributed by atoms with van der Waals surface area (Å²) in [5.41, 5.74) is 0.736. The molecule has 0 aliphatic carbocycles. The number of methoxy groups -OCH3 is 1. The molecule has 2 N–H and O–H groups in total. The number of hydrogen-bond donors (Lipinski definition) is 2. The van der Waals surface area contributed by atoms with Crippen LogP contribution in [0, 0.1) is 0 Å². The minimum atomic E-state index is -0.214. The van der Waals surface area contributed by atoms with Gasteiger partial charge in [0.2, 0.25) is 0 Å². The van der Waals surface area contributed by atoms with Gasteiger partial charge in [-0.05, 0) is 35.7 Å². The molecular weight excluding hydrogens is 248 g/mol. The van der Waals surface area contributed by atoms with Crippen LogP contribution in [0.5, 0.6) is 5.75 Å². The van der Waals surface area contributed by atoms with Crippen LogP contribution in [-0.2, 0) is 6.54 Å². The highest BCUT2D eigenvalue weighted by Gasteiger charge is 2.02. The van der Waals surface area contributed by atoms with Gasteiger partial charge in [-0.25, -0.2) is 4.79 Å². The van der Waals surface area contributed by atoms with Gasteiger partial charge in [-0.2, -0.15) is 0 Å². The van der Waals surface area contributed by atoms with Gasteiger partial charge >= 0.3 is 6.03 Å². The van der Waals surface area contributed by atoms with Gasteiger partial charge in [-0.15, -0.1) is 11.3 Å². The first-order valence-electron chi connectivity index (χ1n) is 5.49. The quantitative estimate of drug-likeness (QED) is 0.889. The van der Waals surface area contributed by atoms with E-state index in [9.17, 15) is 4.79 Å². The molecule has 94 valence electrons. The fourth-order valence-corrected chi connectivity index (χ4v) is 2.07. The van der Waals surface area contributed by atoms with Crippen molar-refractivity contribution in [3.8, 4) is 5.75 Å². The molecule has 2 rings (SSSR count). The Balaban J connectivity index is 1.83. The lowest BCUT2D eigenvalue weighted by Gasteiger charge is -2.07. The zero-order valence-electron chi connectivity index (χ0n) is 9.97. The van der Waals surface area contributed by atoms with E-state index in [1.165, 1.54) is 0 Å². The summed E-state index contributed by atoms with van der Waals surface area (Å²) in [4.78, 5) is 12.7. The highest BCUT2D eigenvalue weighted by Crippen LogP contribution is 2.14. The summed E-state index contributed by atoms with van der Waals surface area (Å²) in [6.07, 6.45) is 0. The third-order valence-corrected chi connectivity index (χ3v) is 3.23. The third kappa shape index (κ3) is 3.49. The summed E-state index contributed by atoms with van der Waals surface area (Å²) < 4.78 is 5.04. The fraction of sp³-hybridized carbons (Fsp3) is 0.154. The Hall–Kier alpha value is -2.01. The highest BCUT2D eigenvalue weighted by molar-refractivity contribution is 7.09. The van der Waals surface area contributed by atoms with E-state index < -0.39 is 0 Å². The molecule has 4 nitrogen and oxygen atoms in total. The van der Waals surface area contributed by atoms with Crippen molar-refractivity contribution in [2.75, 3.05) is 12.4 Å². The number of hydrogen-bond acceptors (Lipinski definition) is 3. The molecule has 0 saturated carbocycles. The number of rotatable bonds is 4. The van der Waals surface area contributed by atoms with Crippen LogP contribution in [0.2, 0.25) is 0 Å². The molecule has 1 aromatic heterocycles. The maximum atomic E-state index is 11.6. The van der Waals surface area contributed by atoms with Gasteiger partial charge in [0.25, 0.3) is 0 Å². The van der Waals surface area contributed by atoms with E-state index in [0.717, 1.165) is 16.3 Å². The van der Waals surface area contributed by atoms with Crippen LogP contribution in [0.25, 0.3) is 0 Å². The first-order chi connectivity index (χ1) is 8.78. The third-order valence-electron chi connectivity index (χ3n) is 2.35. The van der Waals surface area contributed by atoms with E-state index in [0.29, 0.717) is 6.54 Å². The van der Waals surface area contributed by atoms with Crippen molar-refractivity contribution >= 4 is 23.1 Å². The first-order valence-corrected chi connectivity index (χ1v) is 6.37. The summed E-state index contributed by atoms with van der Waals surface area (Å²) >= 11 is 1.62. The second kappa shape index (κ2) is 6.07. The standard InChI is InChI=1S/C13H14N2O2S/c1-17-11-6-4-10(5-7-11)15-13(16)14-9-12-3-2-8-18-12/h2-8H,9H2,1H3,(H2,14,15,16). The lowest BCUT2D eigenvalue weighted by Crippen LogP contribution is -2.27. The fourth-order valence-electron chi connectivity index (χ4n) is 1.43. The molecule has 0 bridgehead atoms. The molecule has 0 aliphatic heterocycles. The van der Waals surface area contributed by atoms with Crippen molar-refractivity contribution in [3.05, 3.63) is 46.7 Å². The number of carbonyl (C=O) groups excluding carboxylic acids is 1. The highest BCUT2D eigenvalue weighted by atomic mass is 32.1. The number of thiophene rings is 1. The molecule has 0 radical (unpaired) electrons. The zero-order valence-corrected chi connectivity index (χ0v) is 10.8. The molecular formula is C13H14N2O2S. The molecule has 0 saturated heterocycles. The minimum absolute atomic E-state index is 0.214. The molecule has 2 aromatic rings. The molecule has 2 amide bonds. The summed E-state index contributed by atoms with van der Waals surface area (Å²) in [7, 11) is 1.61. The van der Waals surface area contributed by atoms with Crippen molar-refractivity contribution in [1.29, 1.82) is 0 Å². The van der Waals surface area contributed by atoms with Gasteiger partial charge < -0.3 is 15.4 Å². The second-order valence-electron chi connectivity index (χ2n) is 3.62. The van der Waals surface area contributed by atoms with Gasteiger partial charge in [-0.3, -0.25) is 0 Å². The number of carbonyl (C=O) groups is 1. The Kier molecular flexibility index (Phi) is 4.20. The average molecular weight is 262 g/mol. The van der Waals surface area contributed by atoms with E-state index in [4.69, 9.17) is 4.74 Å². The van der Waals surface area contributed by atoms with E-state index >= 15 is 0 Å². The van der Waals surface area contributed by atoms with Crippen molar-refractivity contribution < 1.29 is 9.53 Å². The Morgan fingerprint density at radius 2 is 2.06 bits per heavy atom. The van der Waals surface area contributed by atoms with E-state index in [-0.39, 0.29) is 6.03 Å². The van der Waals surface area contributed by atoms with E-state index in [1.807, 2.05) is 17.5 Å². The van der Waals surface area contributed by atoms with Crippen molar-refractivity contribution in [1.82, 2.24) is 5.32 Å². The summed E-state index contributed by atoms with van der Waals surface area (Å²) in [6, 6.07) is 10.9. The van der Waals surface area contributed by atoms with E-state index in [2.05, 4.69) is 10.6 Å². The smallest absolute Gasteiger partial charge is 0.319 e. The predicted octanol–water partition coefficient (Wildman–Crippen LogP) is 3.08. The maximum absolute atomic E-state index is 11.6. The molecule has 0 spiro atoms. The Morgan fingerprint density at radius 3 is 2.67 bits per heavy atom. The van der Waals surface area contributed by atoms with E-state index in [1.54, 1.807) is 42.7 Å². The van der Waals surface area contributed by atoms with Crippen LogP contribution in [0.4, 0.5) is 10.5 Å². The largest absolute Gasteiger partial charge is 0.497 e. The summed E-state index contributed by atoms with van der Waals surface area (Å²) in [5, 5.41) is 7.53. The van der Waals surface area contributed by atoms with Gasteiger partial charge in [0.15, 0.2) is 0 Å². The molecule has 5 heteroatoms. The van der Waals surface area contributed by atoms with Crippen LogP contribution in [0.15, 0.2) is 41.8 Å². The number of ether oxygens (including phenoxy) is 1. The number of benzene rings is 1. The molecule has 18 heavy (non-hydrogen) atoms. The van der Waals surface area contributed by atoms with Gasteiger partial charge in [0.1, 0.15) is 5.75 Å². The van der Waals surface area contributed by atoms with Crippen LogP contribution >= 0.6 is 11.3 Å². The van der Waals surface area contributed by atoms with Crippen molar-refractivity contribution in [3.63, 3.8) is 0 Å². The van der Waals surface area contributed by atoms with Gasteiger partial charge in [0, 0.05) is 10.6 Å². The molecule has 1 aromatic carbocycles. The lowest BCUT2D eigenvalue weighted by atomic mass is 10.3. The second-order valence-corrected chi connectivity index (χ2v) is 4.65. The number of anilines is 1. The summed E-state index contributed by atoms with van der Waals surface area (Å²) in [6.45, 7) is 0.541.